The van der Waals surface area contributed by atoms with E-state index in [1.54, 1.807) is 0 Å². The lowest BCUT2D eigenvalue weighted by Gasteiger charge is -2.27. The molecule has 2 saturated carbocycles. The van der Waals surface area contributed by atoms with Crippen molar-refractivity contribution in [2.75, 3.05) is 6.54 Å². The molecule has 0 spiro atoms. The number of hydrogen-bond acceptors (Lipinski definition) is 1. The smallest absolute Gasteiger partial charge is 0.00682 e. The molecule has 2 fully saturated rings. The second kappa shape index (κ2) is 5.16. The van der Waals surface area contributed by atoms with Crippen LogP contribution in [0.25, 0.3) is 0 Å². The van der Waals surface area contributed by atoms with E-state index in [1.165, 1.54) is 57.9 Å². The van der Waals surface area contributed by atoms with Crippen LogP contribution in [0.3, 0.4) is 0 Å². The van der Waals surface area contributed by atoms with Crippen molar-refractivity contribution in [3.05, 3.63) is 0 Å². The minimum Gasteiger partial charge on any atom is -0.314 e. The molecule has 0 radical (unpaired) electrons. The summed E-state index contributed by atoms with van der Waals surface area (Å²) in [7, 11) is 0. The Morgan fingerprint density at radius 3 is 2.43 bits per heavy atom. The number of nitrogens with one attached hydrogen (secondary N) is 1. The quantitative estimate of drug-likeness (QED) is 0.709. The molecule has 2 aliphatic rings. The van der Waals surface area contributed by atoms with Crippen molar-refractivity contribution in [3.63, 3.8) is 0 Å². The van der Waals surface area contributed by atoms with E-state index in [0.29, 0.717) is 0 Å². The molecule has 1 unspecified atom stereocenters. The Morgan fingerprint density at radius 1 is 1.07 bits per heavy atom. The third-order valence-electron chi connectivity index (χ3n) is 4.06. The van der Waals surface area contributed by atoms with Gasteiger partial charge in [0.2, 0.25) is 0 Å². The van der Waals surface area contributed by atoms with E-state index in [2.05, 4.69) is 12.2 Å². The maximum absolute atomic E-state index is 3.63. The van der Waals surface area contributed by atoms with E-state index in [4.69, 9.17) is 0 Å². The fraction of sp³-hybridized carbons (Fsp3) is 1.00. The predicted octanol–water partition coefficient (Wildman–Crippen LogP) is 3.34. The summed E-state index contributed by atoms with van der Waals surface area (Å²) in [5.74, 6) is 2.01. The molecule has 0 amide bonds. The Kier molecular flexibility index (Phi) is 3.86. The van der Waals surface area contributed by atoms with Gasteiger partial charge in [-0.25, -0.2) is 0 Å². The number of rotatable bonds is 5. The molecular weight excluding hydrogens is 170 g/mol. The van der Waals surface area contributed by atoms with Crippen molar-refractivity contribution in [2.24, 2.45) is 11.8 Å². The molecule has 2 rings (SSSR count). The van der Waals surface area contributed by atoms with Crippen LogP contribution in [0.4, 0.5) is 0 Å². The maximum Gasteiger partial charge on any atom is 0.00682 e. The molecule has 1 atom stereocenters. The molecule has 0 aromatic heterocycles. The largest absolute Gasteiger partial charge is 0.314 e. The molecule has 0 aromatic rings. The van der Waals surface area contributed by atoms with Crippen molar-refractivity contribution in [3.8, 4) is 0 Å². The number of hydrogen-bond donors (Lipinski definition) is 1. The highest BCUT2D eigenvalue weighted by molar-refractivity contribution is 4.81. The Labute approximate surface area is 88.7 Å². The van der Waals surface area contributed by atoms with Gasteiger partial charge in [-0.2, -0.15) is 0 Å². The lowest BCUT2D eigenvalue weighted by Crippen LogP contribution is -2.23. The molecule has 2 aliphatic carbocycles. The van der Waals surface area contributed by atoms with Crippen LogP contribution >= 0.6 is 0 Å². The lowest BCUT2D eigenvalue weighted by molar-refractivity contribution is 0.250. The highest BCUT2D eigenvalue weighted by atomic mass is 14.9. The van der Waals surface area contributed by atoms with Gasteiger partial charge in [0.25, 0.3) is 0 Å². The summed E-state index contributed by atoms with van der Waals surface area (Å²) in [5, 5.41) is 3.63. The molecule has 1 N–H and O–H groups in total. The molecule has 0 bridgehead atoms. The van der Waals surface area contributed by atoms with Gasteiger partial charge in [0.15, 0.2) is 0 Å². The van der Waals surface area contributed by atoms with Crippen LogP contribution in [0.2, 0.25) is 0 Å². The van der Waals surface area contributed by atoms with E-state index >= 15 is 0 Å². The first-order valence-corrected chi connectivity index (χ1v) is 6.59. The first-order chi connectivity index (χ1) is 6.86. The van der Waals surface area contributed by atoms with Gasteiger partial charge in [0, 0.05) is 6.04 Å². The normalized spacial score (nSPS) is 26.4. The summed E-state index contributed by atoms with van der Waals surface area (Å²) in [6, 6.07) is 0.897. The van der Waals surface area contributed by atoms with E-state index in [-0.39, 0.29) is 0 Å². The summed E-state index contributed by atoms with van der Waals surface area (Å²) in [5.41, 5.74) is 0. The molecule has 0 heterocycles. The van der Waals surface area contributed by atoms with Gasteiger partial charge in [-0.15, -0.1) is 0 Å². The molecule has 0 aromatic carbocycles. The van der Waals surface area contributed by atoms with Gasteiger partial charge in [0.1, 0.15) is 0 Å². The van der Waals surface area contributed by atoms with Gasteiger partial charge in [-0.1, -0.05) is 39.0 Å². The third kappa shape index (κ3) is 3.27. The fourth-order valence-corrected chi connectivity index (χ4v) is 2.74. The third-order valence-corrected chi connectivity index (χ3v) is 4.06. The Bertz CT molecular complexity index is 157. The van der Waals surface area contributed by atoms with Crippen LogP contribution in [0, 0.1) is 11.8 Å². The average molecular weight is 195 g/mol. The lowest BCUT2D eigenvalue weighted by atomic mass is 9.79. The zero-order valence-corrected chi connectivity index (χ0v) is 9.60. The Hall–Kier alpha value is -0.0400. The molecule has 14 heavy (non-hydrogen) atoms. The standard InChI is InChI=1S/C13H25N/c1-11(9-10-14-13-7-8-13)12-5-3-2-4-6-12/h11-14H,2-10H2,1H3. The first-order valence-electron chi connectivity index (χ1n) is 6.59. The van der Waals surface area contributed by atoms with Gasteiger partial charge >= 0.3 is 0 Å². The van der Waals surface area contributed by atoms with E-state index in [0.717, 1.165) is 17.9 Å². The summed E-state index contributed by atoms with van der Waals surface area (Å²) in [4.78, 5) is 0. The molecular formula is C13H25N. The molecule has 0 saturated heterocycles. The van der Waals surface area contributed by atoms with Crippen LogP contribution < -0.4 is 5.32 Å². The van der Waals surface area contributed by atoms with Gasteiger partial charge in [0.05, 0.1) is 0 Å². The first kappa shape index (κ1) is 10.5. The van der Waals surface area contributed by atoms with Crippen LogP contribution in [0.5, 0.6) is 0 Å². The SMILES string of the molecule is CC(CCNC1CC1)C1CCCCC1. The molecule has 0 aliphatic heterocycles. The summed E-state index contributed by atoms with van der Waals surface area (Å²) < 4.78 is 0. The summed E-state index contributed by atoms with van der Waals surface area (Å²) in [6.45, 7) is 3.73. The van der Waals surface area contributed by atoms with E-state index in [9.17, 15) is 0 Å². The molecule has 82 valence electrons. The Balaban J connectivity index is 1.57. The molecule has 1 nitrogen and oxygen atoms in total. The zero-order valence-electron chi connectivity index (χ0n) is 9.60. The highest BCUT2D eigenvalue weighted by Gasteiger charge is 2.22. The van der Waals surface area contributed by atoms with Crippen molar-refractivity contribution in [1.82, 2.24) is 5.32 Å². The van der Waals surface area contributed by atoms with Crippen LogP contribution in [-0.2, 0) is 0 Å². The summed E-state index contributed by atoms with van der Waals surface area (Å²) >= 11 is 0. The maximum atomic E-state index is 3.63. The van der Waals surface area contributed by atoms with Gasteiger partial charge in [-0.3, -0.25) is 0 Å². The van der Waals surface area contributed by atoms with Crippen molar-refractivity contribution in [2.45, 2.75) is 64.3 Å². The minimum absolute atomic E-state index is 0.897. The van der Waals surface area contributed by atoms with Gasteiger partial charge in [-0.05, 0) is 37.6 Å². The van der Waals surface area contributed by atoms with Crippen LogP contribution in [-0.4, -0.2) is 12.6 Å². The van der Waals surface area contributed by atoms with Crippen molar-refractivity contribution < 1.29 is 0 Å². The topological polar surface area (TPSA) is 12.0 Å². The monoisotopic (exact) mass is 195 g/mol. The highest BCUT2D eigenvalue weighted by Crippen LogP contribution is 2.31. The van der Waals surface area contributed by atoms with E-state index < -0.39 is 0 Å². The average Bonchev–Trinajstić information content (AvgIpc) is 3.03. The van der Waals surface area contributed by atoms with Crippen molar-refractivity contribution >= 4 is 0 Å². The molecule has 1 heteroatoms. The van der Waals surface area contributed by atoms with E-state index in [1.807, 2.05) is 0 Å². The van der Waals surface area contributed by atoms with Gasteiger partial charge < -0.3 is 5.32 Å². The fourth-order valence-electron chi connectivity index (χ4n) is 2.74. The van der Waals surface area contributed by atoms with Crippen molar-refractivity contribution in [1.29, 1.82) is 0 Å². The predicted molar refractivity (Wildman–Crippen MR) is 61.4 cm³/mol. The van der Waals surface area contributed by atoms with Crippen LogP contribution in [0.1, 0.15) is 58.3 Å². The second-order valence-corrected chi connectivity index (χ2v) is 5.39. The minimum atomic E-state index is 0.897. The second-order valence-electron chi connectivity index (χ2n) is 5.39. The summed E-state index contributed by atoms with van der Waals surface area (Å²) in [6.07, 6.45) is 11.7. The zero-order chi connectivity index (χ0) is 9.80. The van der Waals surface area contributed by atoms with Crippen LogP contribution in [0.15, 0.2) is 0 Å². The Morgan fingerprint density at radius 2 is 1.79 bits per heavy atom.